The van der Waals surface area contributed by atoms with Crippen LogP contribution in [-0.4, -0.2) is 25.0 Å². The molecule has 0 spiro atoms. The van der Waals surface area contributed by atoms with E-state index in [9.17, 15) is 4.79 Å². The molecule has 4 heteroatoms. The summed E-state index contributed by atoms with van der Waals surface area (Å²) >= 11 is 6.02. The first-order valence-electron chi connectivity index (χ1n) is 6.49. The highest BCUT2D eigenvalue weighted by Gasteiger charge is 2.23. The molecular formula is C16H14ClNO2. The highest BCUT2D eigenvalue weighted by molar-refractivity contribution is 6.31. The quantitative estimate of drug-likeness (QED) is 0.677. The van der Waals surface area contributed by atoms with Crippen LogP contribution in [0.2, 0.25) is 5.02 Å². The van der Waals surface area contributed by atoms with Crippen molar-refractivity contribution in [3.05, 3.63) is 64.7 Å². The number of benzene rings is 2. The zero-order valence-corrected chi connectivity index (χ0v) is 11.6. The Hall–Kier alpha value is -1.84. The lowest BCUT2D eigenvalue weighted by atomic mass is 10.0. The Morgan fingerprint density at radius 1 is 1.25 bits per heavy atom. The zero-order chi connectivity index (χ0) is 13.9. The van der Waals surface area contributed by atoms with Crippen LogP contribution in [0.1, 0.15) is 15.9 Å². The molecule has 0 aromatic heterocycles. The van der Waals surface area contributed by atoms with Crippen molar-refractivity contribution in [2.45, 2.75) is 6.10 Å². The van der Waals surface area contributed by atoms with E-state index in [1.807, 2.05) is 24.3 Å². The summed E-state index contributed by atoms with van der Waals surface area (Å²) in [5.41, 5.74) is 2.03. The summed E-state index contributed by atoms with van der Waals surface area (Å²) in [4.78, 5) is 12.5. The molecule has 1 N–H and O–H groups in total. The Morgan fingerprint density at radius 3 is 2.70 bits per heavy atom. The first-order valence-corrected chi connectivity index (χ1v) is 6.86. The van der Waals surface area contributed by atoms with E-state index in [0.717, 1.165) is 12.3 Å². The molecule has 2 aromatic carbocycles. The van der Waals surface area contributed by atoms with Crippen LogP contribution in [0.4, 0.5) is 5.69 Å². The van der Waals surface area contributed by atoms with Gasteiger partial charge < -0.3 is 10.1 Å². The summed E-state index contributed by atoms with van der Waals surface area (Å²) < 4.78 is 5.17. The van der Waals surface area contributed by atoms with Gasteiger partial charge in [0.25, 0.3) is 0 Å². The molecule has 1 aliphatic heterocycles. The fraction of sp³-hybridized carbons (Fsp3) is 0.188. The summed E-state index contributed by atoms with van der Waals surface area (Å²) in [6, 6.07) is 14.5. The van der Waals surface area contributed by atoms with E-state index >= 15 is 0 Å². The van der Waals surface area contributed by atoms with Gasteiger partial charge in [0.15, 0.2) is 5.78 Å². The maximum atomic E-state index is 12.5. The maximum Gasteiger partial charge on any atom is 0.195 e. The number of anilines is 1. The van der Waals surface area contributed by atoms with Crippen LogP contribution in [0.5, 0.6) is 0 Å². The smallest absolute Gasteiger partial charge is 0.195 e. The molecule has 1 atom stereocenters. The second-order valence-corrected chi connectivity index (χ2v) is 5.16. The lowest BCUT2D eigenvalue weighted by Crippen LogP contribution is -2.12. The number of ether oxygens (including phenoxy) is 1. The number of nitrogens with one attached hydrogen (secondary N) is 1. The van der Waals surface area contributed by atoms with Gasteiger partial charge in [-0.25, -0.2) is 0 Å². The highest BCUT2D eigenvalue weighted by Crippen LogP contribution is 2.24. The summed E-state index contributed by atoms with van der Waals surface area (Å²) in [7, 11) is 0. The first kappa shape index (κ1) is 13.2. The maximum absolute atomic E-state index is 12.5. The Kier molecular flexibility index (Phi) is 3.72. The van der Waals surface area contributed by atoms with Gasteiger partial charge in [0.1, 0.15) is 0 Å². The van der Waals surface area contributed by atoms with Gasteiger partial charge in [0, 0.05) is 28.4 Å². The van der Waals surface area contributed by atoms with E-state index in [1.165, 1.54) is 0 Å². The monoisotopic (exact) mass is 287 g/mol. The number of carbonyl (C=O) groups excluding carboxylic acids is 1. The van der Waals surface area contributed by atoms with Gasteiger partial charge >= 0.3 is 0 Å². The van der Waals surface area contributed by atoms with Gasteiger partial charge in [-0.1, -0.05) is 41.9 Å². The van der Waals surface area contributed by atoms with Crippen molar-refractivity contribution < 1.29 is 9.53 Å². The third-order valence-electron chi connectivity index (χ3n) is 3.18. The van der Waals surface area contributed by atoms with Gasteiger partial charge in [0.2, 0.25) is 0 Å². The van der Waals surface area contributed by atoms with Crippen molar-refractivity contribution in [3.63, 3.8) is 0 Å². The van der Waals surface area contributed by atoms with Crippen molar-refractivity contribution in [1.82, 2.24) is 0 Å². The standard InChI is InChI=1S/C16H14ClNO2/c17-12-6-7-15(18-9-13-10-20-13)14(8-12)16(19)11-4-2-1-3-5-11/h1-8,13,18H,9-10H2. The Labute approximate surface area is 122 Å². The number of rotatable bonds is 5. The van der Waals surface area contributed by atoms with E-state index in [-0.39, 0.29) is 11.9 Å². The van der Waals surface area contributed by atoms with Crippen molar-refractivity contribution in [2.75, 3.05) is 18.5 Å². The van der Waals surface area contributed by atoms with Gasteiger partial charge in [-0.3, -0.25) is 4.79 Å². The Balaban J connectivity index is 1.89. The van der Waals surface area contributed by atoms with Crippen molar-refractivity contribution in [2.24, 2.45) is 0 Å². The lowest BCUT2D eigenvalue weighted by molar-refractivity contribution is 0.103. The largest absolute Gasteiger partial charge is 0.382 e. The highest BCUT2D eigenvalue weighted by atomic mass is 35.5. The molecule has 2 aromatic rings. The van der Waals surface area contributed by atoms with Crippen LogP contribution < -0.4 is 5.32 Å². The van der Waals surface area contributed by atoms with E-state index < -0.39 is 0 Å². The van der Waals surface area contributed by atoms with Crippen LogP contribution in [-0.2, 0) is 4.74 Å². The normalized spacial score (nSPS) is 16.8. The van der Waals surface area contributed by atoms with Crippen molar-refractivity contribution in [3.8, 4) is 0 Å². The topological polar surface area (TPSA) is 41.6 Å². The zero-order valence-electron chi connectivity index (χ0n) is 10.8. The van der Waals surface area contributed by atoms with E-state index in [0.29, 0.717) is 22.7 Å². The molecule has 20 heavy (non-hydrogen) atoms. The van der Waals surface area contributed by atoms with E-state index in [4.69, 9.17) is 16.3 Å². The third kappa shape index (κ3) is 3.00. The molecule has 0 amide bonds. The minimum absolute atomic E-state index is 0.0349. The van der Waals surface area contributed by atoms with Crippen LogP contribution in [0.25, 0.3) is 0 Å². The number of ketones is 1. The van der Waals surface area contributed by atoms with E-state index in [1.54, 1.807) is 24.3 Å². The number of hydrogen-bond donors (Lipinski definition) is 1. The molecule has 1 fully saturated rings. The second kappa shape index (κ2) is 5.65. The molecule has 1 heterocycles. The van der Waals surface area contributed by atoms with Crippen LogP contribution in [0.15, 0.2) is 48.5 Å². The van der Waals surface area contributed by atoms with E-state index in [2.05, 4.69) is 5.32 Å². The minimum atomic E-state index is -0.0349. The van der Waals surface area contributed by atoms with Gasteiger partial charge in [-0.2, -0.15) is 0 Å². The number of carbonyl (C=O) groups is 1. The predicted octanol–water partition coefficient (Wildman–Crippen LogP) is 3.38. The average Bonchev–Trinajstić information content (AvgIpc) is 3.30. The second-order valence-electron chi connectivity index (χ2n) is 4.72. The lowest BCUT2D eigenvalue weighted by Gasteiger charge is -2.11. The first-order chi connectivity index (χ1) is 9.74. The molecule has 1 aliphatic rings. The van der Waals surface area contributed by atoms with Gasteiger partial charge in [0.05, 0.1) is 12.7 Å². The molecule has 1 saturated heterocycles. The fourth-order valence-electron chi connectivity index (χ4n) is 2.01. The SMILES string of the molecule is O=C(c1ccccc1)c1cc(Cl)ccc1NCC1CO1. The van der Waals surface area contributed by atoms with Crippen molar-refractivity contribution in [1.29, 1.82) is 0 Å². The van der Waals surface area contributed by atoms with Crippen LogP contribution >= 0.6 is 11.6 Å². The molecule has 0 saturated carbocycles. The molecule has 102 valence electrons. The number of hydrogen-bond acceptors (Lipinski definition) is 3. The molecular weight excluding hydrogens is 274 g/mol. The molecule has 1 unspecified atom stereocenters. The summed E-state index contributed by atoms with van der Waals surface area (Å²) in [6.45, 7) is 1.49. The summed E-state index contributed by atoms with van der Waals surface area (Å²) in [5, 5.41) is 3.80. The number of epoxide rings is 1. The minimum Gasteiger partial charge on any atom is -0.382 e. The van der Waals surface area contributed by atoms with Gasteiger partial charge in [-0.15, -0.1) is 0 Å². The predicted molar refractivity (Wildman–Crippen MR) is 79.6 cm³/mol. The average molecular weight is 288 g/mol. The molecule has 0 bridgehead atoms. The van der Waals surface area contributed by atoms with Crippen LogP contribution in [0, 0.1) is 0 Å². The van der Waals surface area contributed by atoms with Crippen LogP contribution in [0.3, 0.4) is 0 Å². The summed E-state index contributed by atoms with van der Waals surface area (Å²) in [5.74, 6) is -0.0349. The molecule has 3 rings (SSSR count). The number of halogens is 1. The van der Waals surface area contributed by atoms with Gasteiger partial charge in [-0.05, 0) is 18.2 Å². The molecule has 0 radical (unpaired) electrons. The Bertz CT molecular complexity index is 624. The molecule has 0 aliphatic carbocycles. The Morgan fingerprint density at radius 2 is 2.00 bits per heavy atom. The molecule has 3 nitrogen and oxygen atoms in total. The third-order valence-corrected chi connectivity index (χ3v) is 3.42. The summed E-state index contributed by atoms with van der Waals surface area (Å²) in [6.07, 6.45) is 0.255. The van der Waals surface area contributed by atoms with Crippen molar-refractivity contribution >= 4 is 23.1 Å². The fourth-order valence-corrected chi connectivity index (χ4v) is 2.19.